The van der Waals surface area contributed by atoms with Gasteiger partial charge in [0, 0.05) is 12.6 Å². The molecule has 0 amide bonds. The minimum absolute atomic E-state index is 0.410. The van der Waals surface area contributed by atoms with Crippen LogP contribution in [0.15, 0.2) is 24.3 Å². The number of nitrogens with one attached hydrogen (secondary N) is 2. The topological polar surface area (TPSA) is 33.3 Å². The van der Waals surface area contributed by atoms with Gasteiger partial charge in [-0.3, -0.25) is 0 Å². The normalized spacial score (nSPS) is 12.1. The molecule has 0 saturated heterocycles. The quantitative estimate of drug-likeness (QED) is 0.754. The summed E-state index contributed by atoms with van der Waals surface area (Å²) in [5.74, 6) is 1.61. The van der Waals surface area contributed by atoms with E-state index in [1.807, 2.05) is 24.3 Å². The highest BCUT2D eigenvalue weighted by Gasteiger charge is 2.05. The van der Waals surface area contributed by atoms with Gasteiger partial charge in [0.05, 0.1) is 7.11 Å². The van der Waals surface area contributed by atoms with Crippen molar-refractivity contribution in [3.05, 3.63) is 29.8 Å². The van der Waals surface area contributed by atoms with E-state index in [9.17, 15) is 0 Å². The molecule has 112 valence electrons. The summed E-state index contributed by atoms with van der Waals surface area (Å²) in [5.41, 5.74) is 1.18. The van der Waals surface area contributed by atoms with Crippen LogP contribution in [0, 0.1) is 5.92 Å². The van der Waals surface area contributed by atoms with Crippen LogP contribution in [0.5, 0.6) is 5.75 Å². The molecule has 1 aromatic rings. The average molecular weight is 294 g/mol. The van der Waals surface area contributed by atoms with Gasteiger partial charge in [-0.2, -0.15) is 0 Å². The molecule has 0 aliphatic carbocycles. The van der Waals surface area contributed by atoms with Crippen LogP contribution in [0.1, 0.15) is 39.2 Å². The van der Waals surface area contributed by atoms with Gasteiger partial charge >= 0.3 is 0 Å². The molecule has 1 rings (SSSR count). The lowest BCUT2D eigenvalue weighted by Crippen LogP contribution is -2.40. The molecule has 1 unspecified atom stereocenters. The van der Waals surface area contributed by atoms with E-state index in [0.29, 0.717) is 6.04 Å². The summed E-state index contributed by atoms with van der Waals surface area (Å²) in [7, 11) is 1.67. The summed E-state index contributed by atoms with van der Waals surface area (Å²) < 4.78 is 5.14. The minimum Gasteiger partial charge on any atom is -0.497 e. The van der Waals surface area contributed by atoms with E-state index in [0.717, 1.165) is 29.7 Å². The molecule has 0 spiro atoms. The summed E-state index contributed by atoms with van der Waals surface area (Å²) in [6, 6.07) is 8.40. The highest BCUT2D eigenvalue weighted by Crippen LogP contribution is 2.11. The summed E-state index contributed by atoms with van der Waals surface area (Å²) in [6.07, 6.45) is 2.36. The van der Waals surface area contributed by atoms with E-state index in [-0.39, 0.29) is 0 Å². The lowest BCUT2D eigenvalue weighted by atomic mass is 10.0. The van der Waals surface area contributed by atoms with Crippen molar-refractivity contribution in [3.8, 4) is 5.75 Å². The van der Waals surface area contributed by atoms with Crippen molar-refractivity contribution in [1.29, 1.82) is 0 Å². The molecular formula is C16H26N2OS. The molecule has 0 aliphatic heterocycles. The number of ether oxygens (including phenoxy) is 1. The van der Waals surface area contributed by atoms with Gasteiger partial charge in [0.1, 0.15) is 5.75 Å². The van der Waals surface area contributed by atoms with Crippen LogP contribution in [-0.2, 0) is 6.54 Å². The van der Waals surface area contributed by atoms with E-state index in [2.05, 4.69) is 31.4 Å². The second kappa shape index (κ2) is 8.80. The first-order valence-corrected chi connectivity index (χ1v) is 7.59. The second-order valence-corrected chi connectivity index (χ2v) is 5.96. The highest BCUT2D eigenvalue weighted by molar-refractivity contribution is 7.80. The third-order valence-electron chi connectivity index (χ3n) is 3.17. The van der Waals surface area contributed by atoms with E-state index >= 15 is 0 Å². The SMILES string of the molecule is COc1ccc(CNC(=S)NC(C)CCC(C)C)cc1. The van der Waals surface area contributed by atoms with Crippen LogP contribution in [0.2, 0.25) is 0 Å². The maximum atomic E-state index is 5.31. The van der Waals surface area contributed by atoms with Gasteiger partial charge in [-0.1, -0.05) is 26.0 Å². The summed E-state index contributed by atoms with van der Waals surface area (Å²) >= 11 is 5.31. The first-order valence-electron chi connectivity index (χ1n) is 7.18. The molecule has 0 bridgehead atoms. The molecule has 0 aliphatic rings. The van der Waals surface area contributed by atoms with Crippen molar-refractivity contribution < 1.29 is 4.74 Å². The van der Waals surface area contributed by atoms with E-state index in [1.54, 1.807) is 7.11 Å². The predicted molar refractivity (Wildman–Crippen MR) is 89.1 cm³/mol. The fourth-order valence-electron chi connectivity index (χ4n) is 1.86. The van der Waals surface area contributed by atoms with Crippen molar-refractivity contribution in [2.24, 2.45) is 5.92 Å². The van der Waals surface area contributed by atoms with Crippen LogP contribution in [0.3, 0.4) is 0 Å². The Bertz CT molecular complexity index is 403. The van der Waals surface area contributed by atoms with Crippen LogP contribution < -0.4 is 15.4 Å². The second-order valence-electron chi connectivity index (χ2n) is 5.55. The molecule has 0 fully saturated rings. The van der Waals surface area contributed by atoms with Crippen LogP contribution in [0.4, 0.5) is 0 Å². The van der Waals surface area contributed by atoms with Gasteiger partial charge in [-0.05, 0) is 55.6 Å². The van der Waals surface area contributed by atoms with E-state index < -0.39 is 0 Å². The van der Waals surface area contributed by atoms with Gasteiger partial charge in [0.25, 0.3) is 0 Å². The number of thiocarbonyl (C=S) groups is 1. The predicted octanol–water partition coefficient (Wildman–Crippen LogP) is 3.48. The van der Waals surface area contributed by atoms with Crippen LogP contribution >= 0.6 is 12.2 Å². The number of methoxy groups -OCH3 is 1. The third kappa shape index (κ3) is 6.75. The Morgan fingerprint density at radius 1 is 1.15 bits per heavy atom. The van der Waals surface area contributed by atoms with Crippen LogP contribution in [-0.4, -0.2) is 18.3 Å². The molecule has 4 heteroatoms. The van der Waals surface area contributed by atoms with Crippen molar-refractivity contribution in [2.75, 3.05) is 7.11 Å². The fraction of sp³-hybridized carbons (Fsp3) is 0.562. The van der Waals surface area contributed by atoms with Gasteiger partial charge in [0.15, 0.2) is 5.11 Å². The van der Waals surface area contributed by atoms with Gasteiger partial charge in [0.2, 0.25) is 0 Å². The van der Waals surface area contributed by atoms with Crippen molar-refractivity contribution in [2.45, 2.75) is 46.2 Å². The smallest absolute Gasteiger partial charge is 0.166 e. The zero-order chi connectivity index (χ0) is 15.0. The minimum atomic E-state index is 0.410. The zero-order valence-electron chi connectivity index (χ0n) is 12.9. The summed E-state index contributed by atoms with van der Waals surface area (Å²) in [4.78, 5) is 0. The van der Waals surface area contributed by atoms with Crippen molar-refractivity contribution in [3.63, 3.8) is 0 Å². The van der Waals surface area contributed by atoms with E-state index in [4.69, 9.17) is 17.0 Å². The molecule has 0 radical (unpaired) electrons. The molecule has 2 N–H and O–H groups in total. The number of benzene rings is 1. The maximum Gasteiger partial charge on any atom is 0.166 e. The molecule has 0 heterocycles. The lowest BCUT2D eigenvalue weighted by molar-refractivity contribution is 0.414. The number of hydrogen-bond acceptors (Lipinski definition) is 2. The monoisotopic (exact) mass is 294 g/mol. The zero-order valence-corrected chi connectivity index (χ0v) is 13.7. The lowest BCUT2D eigenvalue weighted by Gasteiger charge is -2.18. The molecule has 3 nitrogen and oxygen atoms in total. The Hall–Kier alpha value is -1.29. The molecular weight excluding hydrogens is 268 g/mol. The Morgan fingerprint density at radius 2 is 1.80 bits per heavy atom. The largest absolute Gasteiger partial charge is 0.497 e. The molecule has 1 atom stereocenters. The van der Waals surface area contributed by atoms with Crippen molar-refractivity contribution >= 4 is 17.3 Å². The Labute approximate surface area is 128 Å². The first-order chi connectivity index (χ1) is 9.51. The van der Waals surface area contributed by atoms with Crippen LogP contribution in [0.25, 0.3) is 0 Å². The number of rotatable bonds is 7. The van der Waals surface area contributed by atoms with Gasteiger partial charge in [-0.15, -0.1) is 0 Å². The molecule has 20 heavy (non-hydrogen) atoms. The Balaban J connectivity index is 2.28. The first kappa shape index (κ1) is 16.8. The third-order valence-corrected chi connectivity index (χ3v) is 3.43. The summed E-state index contributed by atoms with van der Waals surface area (Å²) in [5, 5.41) is 7.28. The fourth-order valence-corrected chi connectivity index (χ4v) is 2.13. The molecule has 1 aromatic carbocycles. The molecule has 0 saturated carbocycles. The average Bonchev–Trinajstić information content (AvgIpc) is 2.43. The number of hydrogen-bond donors (Lipinski definition) is 2. The Morgan fingerprint density at radius 3 is 2.35 bits per heavy atom. The van der Waals surface area contributed by atoms with Gasteiger partial charge in [-0.25, -0.2) is 0 Å². The maximum absolute atomic E-state index is 5.31. The Kier molecular flexibility index (Phi) is 7.37. The standard InChI is InChI=1S/C16H26N2OS/c1-12(2)5-6-13(3)18-16(20)17-11-14-7-9-15(19-4)10-8-14/h7-10,12-13H,5-6,11H2,1-4H3,(H2,17,18,20). The molecule has 0 aromatic heterocycles. The van der Waals surface area contributed by atoms with E-state index in [1.165, 1.54) is 12.0 Å². The highest BCUT2D eigenvalue weighted by atomic mass is 32.1. The van der Waals surface area contributed by atoms with Gasteiger partial charge < -0.3 is 15.4 Å². The van der Waals surface area contributed by atoms with Crippen molar-refractivity contribution in [1.82, 2.24) is 10.6 Å². The summed E-state index contributed by atoms with van der Waals surface area (Å²) in [6.45, 7) is 7.39.